The highest BCUT2D eigenvalue weighted by molar-refractivity contribution is 7.92. The molecule has 0 saturated carbocycles. The maximum absolute atomic E-state index is 12.4. The van der Waals surface area contributed by atoms with Crippen LogP contribution in [0.2, 0.25) is 0 Å². The first-order valence-corrected chi connectivity index (χ1v) is 12.7. The van der Waals surface area contributed by atoms with Crippen LogP contribution in [0.3, 0.4) is 0 Å². The number of pyridine rings is 1. The fraction of sp³-hybridized carbons (Fsp3) is 0.182. The first-order chi connectivity index (χ1) is 14.0. The number of hydrogen-bond donors (Lipinski definition) is 0. The molecule has 1 aromatic carbocycles. The number of thiophene rings is 1. The number of aromatic nitrogens is 2. The van der Waals surface area contributed by atoms with E-state index >= 15 is 0 Å². The Morgan fingerprint density at radius 3 is 2.55 bits per heavy atom. The van der Waals surface area contributed by atoms with Crippen LogP contribution in [0.4, 0.5) is 0 Å². The molecule has 4 nitrogen and oxygen atoms in total. The lowest BCUT2D eigenvalue weighted by Crippen LogP contribution is -2.02. The smallest absolute Gasteiger partial charge is 0.191 e. The maximum atomic E-state index is 12.4. The Balaban J connectivity index is 1.52. The number of aryl methyl sites for hydroxylation is 1. The van der Waals surface area contributed by atoms with E-state index in [0.717, 1.165) is 45.9 Å². The van der Waals surface area contributed by atoms with Gasteiger partial charge in [0.2, 0.25) is 0 Å². The predicted octanol–water partition coefficient (Wildman–Crippen LogP) is 5.86. The van der Waals surface area contributed by atoms with Crippen LogP contribution in [0.25, 0.3) is 21.8 Å². The normalized spacial score (nSPS) is 11.6. The van der Waals surface area contributed by atoms with Crippen molar-refractivity contribution in [3.8, 4) is 21.8 Å². The minimum atomic E-state index is -3.29. The summed E-state index contributed by atoms with van der Waals surface area (Å²) in [6, 6.07) is 15.1. The molecular formula is C22H20N2O2S3. The fourth-order valence-corrected chi connectivity index (χ4v) is 6.31. The summed E-state index contributed by atoms with van der Waals surface area (Å²) in [5.74, 6) is 0.00727. The lowest BCUT2D eigenvalue weighted by molar-refractivity contribution is 0.597. The summed E-state index contributed by atoms with van der Waals surface area (Å²) in [7, 11) is -3.29. The molecule has 0 spiro atoms. The van der Waals surface area contributed by atoms with Gasteiger partial charge in [0.25, 0.3) is 0 Å². The standard InChI is InChI=1S/C22H20N2O2S3/c1-2-4-19-13-18(10-11-23-19)22-24-20(14-28-22)17-8-6-16(7-9-17)15-29(25,26)21-5-3-12-27-21/h3,5-14H,2,4,15H2,1H3. The molecule has 0 fully saturated rings. The largest absolute Gasteiger partial charge is 0.261 e. The summed E-state index contributed by atoms with van der Waals surface area (Å²) in [6.45, 7) is 2.14. The quantitative estimate of drug-likeness (QED) is 0.361. The second-order valence-electron chi connectivity index (χ2n) is 6.71. The first kappa shape index (κ1) is 19.9. The van der Waals surface area contributed by atoms with Crippen molar-refractivity contribution in [2.24, 2.45) is 0 Å². The summed E-state index contributed by atoms with van der Waals surface area (Å²) in [5, 5.41) is 4.78. The number of thiazole rings is 1. The van der Waals surface area contributed by atoms with E-state index in [1.165, 1.54) is 11.3 Å². The molecule has 0 aliphatic heterocycles. The van der Waals surface area contributed by atoms with E-state index in [-0.39, 0.29) is 5.75 Å². The van der Waals surface area contributed by atoms with Crippen LogP contribution in [0.1, 0.15) is 24.6 Å². The van der Waals surface area contributed by atoms with Gasteiger partial charge in [-0.25, -0.2) is 13.4 Å². The zero-order valence-electron chi connectivity index (χ0n) is 15.9. The molecule has 7 heteroatoms. The van der Waals surface area contributed by atoms with Gasteiger partial charge in [-0.05, 0) is 35.6 Å². The topological polar surface area (TPSA) is 59.9 Å². The second-order valence-corrected chi connectivity index (χ2v) is 10.7. The van der Waals surface area contributed by atoms with E-state index in [9.17, 15) is 8.42 Å². The molecule has 0 aliphatic rings. The van der Waals surface area contributed by atoms with E-state index in [0.29, 0.717) is 4.21 Å². The molecule has 0 atom stereocenters. The highest BCUT2D eigenvalue weighted by Crippen LogP contribution is 2.30. The van der Waals surface area contributed by atoms with Crippen LogP contribution in [0.5, 0.6) is 0 Å². The number of nitrogens with zero attached hydrogens (tertiary/aromatic N) is 2. The first-order valence-electron chi connectivity index (χ1n) is 9.31. The van der Waals surface area contributed by atoms with E-state index in [2.05, 4.69) is 18.0 Å². The zero-order chi connectivity index (χ0) is 20.3. The molecule has 0 radical (unpaired) electrons. The summed E-state index contributed by atoms with van der Waals surface area (Å²) < 4.78 is 25.3. The van der Waals surface area contributed by atoms with Crippen molar-refractivity contribution < 1.29 is 8.42 Å². The minimum Gasteiger partial charge on any atom is -0.261 e. The van der Waals surface area contributed by atoms with Crippen LogP contribution >= 0.6 is 22.7 Å². The molecular weight excluding hydrogens is 420 g/mol. The van der Waals surface area contributed by atoms with Gasteiger partial charge in [-0.2, -0.15) is 0 Å². The third kappa shape index (κ3) is 4.63. The Morgan fingerprint density at radius 2 is 1.83 bits per heavy atom. The average Bonchev–Trinajstić information content (AvgIpc) is 3.42. The fourth-order valence-electron chi connectivity index (χ4n) is 3.05. The lowest BCUT2D eigenvalue weighted by atomic mass is 10.1. The van der Waals surface area contributed by atoms with Crippen LogP contribution in [0.15, 0.2) is 69.7 Å². The van der Waals surface area contributed by atoms with Crippen molar-refractivity contribution in [3.05, 3.63) is 76.7 Å². The highest BCUT2D eigenvalue weighted by atomic mass is 32.2. The number of benzene rings is 1. The summed E-state index contributed by atoms with van der Waals surface area (Å²) in [4.78, 5) is 9.18. The molecule has 0 unspecified atom stereocenters. The average molecular weight is 441 g/mol. The van der Waals surface area contributed by atoms with Crippen molar-refractivity contribution in [2.45, 2.75) is 29.7 Å². The summed E-state index contributed by atoms with van der Waals surface area (Å²) in [6.07, 6.45) is 3.86. The third-order valence-corrected chi connectivity index (χ3v) is 8.55. The van der Waals surface area contributed by atoms with Gasteiger partial charge >= 0.3 is 0 Å². The second kappa shape index (κ2) is 8.57. The minimum absolute atomic E-state index is 0.00727. The van der Waals surface area contributed by atoms with Crippen molar-refractivity contribution in [1.29, 1.82) is 0 Å². The lowest BCUT2D eigenvalue weighted by Gasteiger charge is -2.04. The molecule has 0 amide bonds. The third-order valence-electron chi connectivity index (χ3n) is 4.48. The Labute approximate surface area is 178 Å². The number of sulfone groups is 1. The summed E-state index contributed by atoms with van der Waals surface area (Å²) >= 11 is 2.86. The molecule has 0 saturated heterocycles. The highest BCUT2D eigenvalue weighted by Gasteiger charge is 2.16. The van der Waals surface area contributed by atoms with Gasteiger partial charge in [0.05, 0.1) is 11.4 Å². The van der Waals surface area contributed by atoms with E-state index in [1.807, 2.05) is 41.9 Å². The molecule has 0 aliphatic carbocycles. The molecule has 0 bridgehead atoms. The van der Waals surface area contributed by atoms with Crippen molar-refractivity contribution in [3.63, 3.8) is 0 Å². The molecule has 3 heterocycles. The Hall–Kier alpha value is -2.35. The van der Waals surface area contributed by atoms with Gasteiger partial charge in [-0.15, -0.1) is 22.7 Å². The van der Waals surface area contributed by atoms with Gasteiger partial charge < -0.3 is 0 Å². The Morgan fingerprint density at radius 1 is 1.00 bits per heavy atom. The Kier molecular flexibility index (Phi) is 5.89. The van der Waals surface area contributed by atoms with Gasteiger partial charge in [0.1, 0.15) is 9.22 Å². The van der Waals surface area contributed by atoms with E-state index < -0.39 is 9.84 Å². The molecule has 0 N–H and O–H groups in total. The van der Waals surface area contributed by atoms with Crippen LogP contribution < -0.4 is 0 Å². The summed E-state index contributed by atoms with van der Waals surface area (Å²) in [5.41, 5.74) is 4.81. The molecule has 4 rings (SSSR count). The maximum Gasteiger partial charge on any atom is 0.191 e. The van der Waals surface area contributed by atoms with E-state index in [4.69, 9.17) is 4.98 Å². The number of rotatable bonds is 7. The molecule has 148 valence electrons. The van der Waals surface area contributed by atoms with Gasteiger partial charge in [0, 0.05) is 28.4 Å². The van der Waals surface area contributed by atoms with Crippen LogP contribution in [-0.2, 0) is 22.0 Å². The van der Waals surface area contributed by atoms with Crippen LogP contribution in [-0.4, -0.2) is 18.4 Å². The SMILES string of the molecule is CCCc1cc(-c2nc(-c3ccc(CS(=O)(=O)c4cccs4)cc3)cs2)ccn1. The van der Waals surface area contributed by atoms with E-state index in [1.54, 1.807) is 28.8 Å². The predicted molar refractivity (Wildman–Crippen MR) is 120 cm³/mol. The van der Waals surface area contributed by atoms with Crippen molar-refractivity contribution in [1.82, 2.24) is 9.97 Å². The molecule has 3 aromatic heterocycles. The van der Waals surface area contributed by atoms with Crippen molar-refractivity contribution >= 4 is 32.5 Å². The Bertz CT molecular complexity index is 1200. The number of hydrogen-bond acceptors (Lipinski definition) is 6. The monoisotopic (exact) mass is 440 g/mol. The van der Waals surface area contributed by atoms with Crippen LogP contribution in [0, 0.1) is 0 Å². The van der Waals surface area contributed by atoms with Gasteiger partial charge in [-0.1, -0.05) is 43.7 Å². The zero-order valence-corrected chi connectivity index (χ0v) is 18.4. The molecule has 29 heavy (non-hydrogen) atoms. The van der Waals surface area contributed by atoms with Gasteiger partial charge in [0.15, 0.2) is 9.84 Å². The van der Waals surface area contributed by atoms with Crippen molar-refractivity contribution in [2.75, 3.05) is 0 Å². The van der Waals surface area contributed by atoms with Gasteiger partial charge in [-0.3, -0.25) is 4.98 Å². The molecule has 4 aromatic rings.